The summed E-state index contributed by atoms with van der Waals surface area (Å²) in [6.45, 7) is 3.46. The molecule has 1 aromatic carbocycles. The Bertz CT molecular complexity index is 436. The molecule has 2 nitrogen and oxygen atoms in total. The Morgan fingerprint density at radius 1 is 0.824 bits per heavy atom. The molecule has 0 N–H and O–H groups in total. The van der Waals surface area contributed by atoms with Crippen LogP contribution >= 0.6 is 0 Å². The number of hydrogen-bond donors (Lipinski definition) is 0. The highest BCUT2D eigenvalue weighted by atomic mass is 16.5. The van der Waals surface area contributed by atoms with E-state index in [1.54, 1.807) is 12.4 Å². The second-order valence-corrected chi connectivity index (χ2v) is 4.02. The van der Waals surface area contributed by atoms with Crippen molar-refractivity contribution < 1.29 is 4.74 Å². The first kappa shape index (κ1) is 11.8. The Kier molecular flexibility index (Phi) is 4.28. The molecule has 0 saturated carbocycles. The number of aromatic nitrogens is 1. The molecule has 0 amide bonds. The van der Waals surface area contributed by atoms with E-state index in [0.29, 0.717) is 13.2 Å². The van der Waals surface area contributed by atoms with Gasteiger partial charge in [0, 0.05) is 12.4 Å². The molecular formula is C15H17NO. The maximum absolute atomic E-state index is 5.65. The molecule has 0 aliphatic rings. The summed E-state index contributed by atoms with van der Waals surface area (Å²) in [4.78, 5) is 3.98. The molecule has 2 heteroatoms. The third-order valence-electron chi connectivity index (χ3n) is 2.72. The largest absolute Gasteiger partial charge is 0.372 e. The number of aryl methyl sites for hydroxylation is 1. The fourth-order valence-corrected chi connectivity index (χ4v) is 1.64. The quantitative estimate of drug-likeness (QED) is 0.781. The van der Waals surface area contributed by atoms with E-state index >= 15 is 0 Å². The summed E-state index contributed by atoms with van der Waals surface area (Å²) >= 11 is 0. The van der Waals surface area contributed by atoms with Crippen molar-refractivity contribution in [1.82, 2.24) is 4.98 Å². The Hall–Kier alpha value is -1.67. The zero-order valence-electron chi connectivity index (χ0n) is 10.1. The maximum Gasteiger partial charge on any atom is 0.0722 e. The molecule has 88 valence electrons. The van der Waals surface area contributed by atoms with E-state index < -0.39 is 0 Å². The van der Waals surface area contributed by atoms with Gasteiger partial charge in [0.15, 0.2) is 0 Å². The molecule has 1 heterocycles. The van der Waals surface area contributed by atoms with Gasteiger partial charge < -0.3 is 4.74 Å². The summed E-state index contributed by atoms with van der Waals surface area (Å²) in [5.74, 6) is 0. The number of benzene rings is 1. The van der Waals surface area contributed by atoms with Crippen LogP contribution in [0.3, 0.4) is 0 Å². The van der Waals surface area contributed by atoms with Gasteiger partial charge in [0.1, 0.15) is 0 Å². The van der Waals surface area contributed by atoms with E-state index in [2.05, 4.69) is 36.2 Å². The van der Waals surface area contributed by atoms with Gasteiger partial charge in [-0.1, -0.05) is 31.2 Å². The minimum Gasteiger partial charge on any atom is -0.372 e. The van der Waals surface area contributed by atoms with Crippen LogP contribution in [0.15, 0.2) is 48.8 Å². The average molecular weight is 227 g/mol. The summed E-state index contributed by atoms with van der Waals surface area (Å²) in [7, 11) is 0. The van der Waals surface area contributed by atoms with Crippen molar-refractivity contribution in [3.63, 3.8) is 0 Å². The van der Waals surface area contributed by atoms with E-state index in [1.165, 1.54) is 11.1 Å². The van der Waals surface area contributed by atoms with Gasteiger partial charge in [-0.2, -0.15) is 0 Å². The lowest BCUT2D eigenvalue weighted by molar-refractivity contribution is 0.107. The molecule has 0 spiro atoms. The van der Waals surface area contributed by atoms with Gasteiger partial charge in [0.05, 0.1) is 13.2 Å². The third kappa shape index (κ3) is 3.68. The van der Waals surface area contributed by atoms with Crippen molar-refractivity contribution >= 4 is 0 Å². The van der Waals surface area contributed by atoms with Crippen molar-refractivity contribution in [1.29, 1.82) is 0 Å². The van der Waals surface area contributed by atoms with Crippen molar-refractivity contribution in [2.75, 3.05) is 0 Å². The second-order valence-electron chi connectivity index (χ2n) is 4.02. The zero-order chi connectivity index (χ0) is 11.9. The van der Waals surface area contributed by atoms with Crippen LogP contribution in [0.1, 0.15) is 23.6 Å². The van der Waals surface area contributed by atoms with Gasteiger partial charge in [-0.3, -0.25) is 4.98 Å². The number of pyridine rings is 1. The summed E-state index contributed by atoms with van der Waals surface area (Å²) in [6.07, 6.45) is 4.65. The standard InChI is InChI=1S/C15H17NO/c1-2-13-3-5-14(6-4-13)11-17-12-15-7-9-16-10-8-15/h3-10H,2,11-12H2,1H3. The van der Waals surface area contributed by atoms with Crippen LogP contribution in [-0.4, -0.2) is 4.98 Å². The summed E-state index contributed by atoms with van der Waals surface area (Å²) in [5.41, 5.74) is 3.74. The summed E-state index contributed by atoms with van der Waals surface area (Å²) in [6, 6.07) is 12.5. The van der Waals surface area contributed by atoms with E-state index in [1.807, 2.05) is 12.1 Å². The highest BCUT2D eigenvalue weighted by Gasteiger charge is 1.95. The minimum absolute atomic E-state index is 0.637. The predicted octanol–water partition coefficient (Wildman–Crippen LogP) is 3.36. The van der Waals surface area contributed by atoms with Crippen molar-refractivity contribution in [2.45, 2.75) is 26.6 Å². The molecule has 1 aromatic heterocycles. The monoisotopic (exact) mass is 227 g/mol. The first-order chi connectivity index (χ1) is 8.38. The molecule has 0 fully saturated rings. The fraction of sp³-hybridized carbons (Fsp3) is 0.267. The molecule has 0 aliphatic heterocycles. The van der Waals surface area contributed by atoms with Crippen molar-refractivity contribution in [3.8, 4) is 0 Å². The van der Waals surface area contributed by atoms with Gasteiger partial charge in [-0.05, 0) is 35.2 Å². The minimum atomic E-state index is 0.637. The summed E-state index contributed by atoms with van der Waals surface area (Å²) in [5, 5.41) is 0. The number of rotatable bonds is 5. The van der Waals surface area contributed by atoms with Crippen LogP contribution in [0.4, 0.5) is 0 Å². The highest BCUT2D eigenvalue weighted by Crippen LogP contribution is 2.08. The predicted molar refractivity (Wildman–Crippen MR) is 68.6 cm³/mol. The Labute approximate surface area is 102 Å². The van der Waals surface area contributed by atoms with Crippen LogP contribution in [0.2, 0.25) is 0 Å². The van der Waals surface area contributed by atoms with Crippen LogP contribution in [0.5, 0.6) is 0 Å². The van der Waals surface area contributed by atoms with E-state index in [4.69, 9.17) is 4.74 Å². The first-order valence-electron chi connectivity index (χ1n) is 5.93. The number of hydrogen-bond acceptors (Lipinski definition) is 2. The van der Waals surface area contributed by atoms with Crippen LogP contribution in [-0.2, 0) is 24.4 Å². The molecule has 0 radical (unpaired) electrons. The highest BCUT2D eigenvalue weighted by molar-refractivity contribution is 5.21. The fourth-order valence-electron chi connectivity index (χ4n) is 1.64. The Morgan fingerprint density at radius 2 is 1.35 bits per heavy atom. The lowest BCUT2D eigenvalue weighted by Gasteiger charge is -2.05. The molecular weight excluding hydrogens is 210 g/mol. The van der Waals surface area contributed by atoms with Crippen molar-refractivity contribution in [3.05, 3.63) is 65.5 Å². The molecule has 0 saturated heterocycles. The van der Waals surface area contributed by atoms with E-state index in [9.17, 15) is 0 Å². The second kappa shape index (κ2) is 6.16. The maximum atomic E-state index is 5.65. The lowest BCUT2D eigenvalue weighted by Crippen LogP contribution is -1.94. The van der Waals surface area contributed by atoms with E-state index in [0.717, 1.165) is 12.0 Å². The molecule has 0 atom stereocenters. The van der Waals surface area contributed by atoms with Gasteiger partial charge in [0.2, 0.25) is 0 Å². The molecule has 2 aromatic rings. The van der Waals surface area contributed by atoms with Gasteiger partial charge in [-0.15, -0.1) is 0 Å². The van der Waals surface area contributed by atoms with E-state index in [-0.39, 0.29) is 0 Å². The van der Waals surface area contributed by atoms with Crippen LogP contribution in [0, 0.1) is 0 Å². The molecule has 17 heavy (non-hydrogen) atoms. The Morgan fingerprint density at radius 3 is 1.94 bits per heavy atom. The Balaban J connectivity index is 1.82. The topological polar surface area (TPSA) is 22.1 Å². The first-order valence-corrected chi connectivity index (χ1v) is 5.93. The van der Waals surface area contributed by atoms with Crippen LogP contribution < -0.4 is 0 Å². The molecule has 2 rings (SSSR count). The number of nitrogens with zero attached hydrogens (tertiary/aromatic N) is 1. The molecule has 0 bridgehead atoms. The van der Waals surface area contributed by atoms with Crippen molar-refractivity contribution in [2.24, 2.45) is 0 Å². The average Bonchev–Trinajstić information content (AvgIpc) is 2.41. The summed E-state index contributed by atoms with van der Waals surface area (Å²) < 4.78 is 5.65. The molecule has 0 aliphatic carbocycles. The zero-order valence-corrected chi connectivity index (χ0v) is 10.1. The van der Waals surface area contributed by atoms with Gasteiger partial charge >= 0.3 is 0 Å². The third-order valence-corrected chi connectivity index (χ3v) is 2.72. The molecule has 0 unspecified atom stereocenters. The van der Waals surface area contributed by atoms with Gasteiger partial charge in [-0.25, -0.2) is 0 Å². The lowest BCUT2D eigenvalue weighted by atomic mass is 10.1. The smallest absolute Gasteiger partial charge is 0.0722 e. The normalized spacial score (nSPS) is 10.4. The van der Waals surface area contributed by atoms with Crippen LogP contribution in [0.25, 0.3) is 0 Å². The number of ether oxygens (including phenoxy) is 1. The van der Waals surface area contributed by atoms with Gasteiger partial charge in [0.25, 0.3) is 0 Å². The SMILES string of the molecule is CCc1ccc(COCc2ccncc2)cc1.